The Morgan fingerprint density at radius 3 is 2.59 bits per heavy atom. The van der Waals surface area contributed by atoms with Crippen molar-refractivity contribution in [3.63, 3.8) is 0 Å². The Hall–Kier alpha value is -3.07. The van der Waals surface area contributed by atoms with Gasteiger partial charge in [0, 0.05) is 49.4 Å². The van der Waals surface area contributed by atoms with E-state index in [1.165, 1.54) is 0 Å². The number of rotatable bonds is 5. The summed E-state index contributed by atoms with van der Waals surface area (Å²) in [5, 5.41) is 8.37. The molecule has 0 radical (unpaired) electrons. The van der Waals surface area contributed by atoms with Gasteiger partial charge in [0.1, 0.15) is 6.61 Å². The van der Waals surface area contributed by atoms with Crippen LogP contribution in [0.25, 0.3) is 11.3 Å². The van der Waals surface area contributed by atoms with Crippen LogP contribution in [0.15, 0.2) is 24.3 Å². The molecule has 0 unspecified atom stereocenters. The second-order valence-corrected chi connectivity index (χ2v) is 7.86. The van der Waals surface area contributed by atoms with Gasteiger partial charge in [-0.05, 0) is 38.0 Å². The molecule has 2 aromatic rings. The molecule has 0 bridgehead atoms. The molecule has 32 heavy (non-hydrogen) atoms. The lowest BCUT2D eigenvalue weighted by molar-refractivity contribution is 0.0704. The zero-order chi connectivity index (χ0) is 22.5. The van der Waals surface area contributed by atoms with E-state index in [0.717, 1.165) is 48.5 Å². The third kappa shape index (κ3) is 4.72. The number of hydrogen-bond acceptors (Lipinski definition) is 8. The molecule has 4 rings (SSSR count). The number of ether oxygens (including phenoxy) is 4. The fourth-order valence-electron chi connectivity index (χ4n) is 4.33. The maximum Gasteiger partial charge on any atom is 0.409 e. The van der Waals surface area contributed by atoms with Crippen molar-refractivity contribution in [2.45, 2.75) is 32.4 Å². The summed E-state index contributed by atoms with van der Waals surface area (Å²) in [6.07, 6.45) is 1.61. The lowest BCUT2D eigenvalue weighted by Gasteiger charge is -2.37. The first kappa shape index (κ1) is 22.1. The van der Waals surface area contributed by atoms with Crippen molar-refractivity contribution in [1.29, 1.82) is 0 Å². The van der Waals surface area contributed by atoms with Crippen LogP contribution in [0.5, 0.6) is 17.4 Å². The minimum atomic E-state index is -0.217. The van der Waals surface area contributed by atoms with Gasteiger partial charge in [0.15, 0.2) is 11.5 Å². The number of benzene rings is 1. The fraction of sp³-hybridized carbons (Fsp3) is 0.522. The largest absolute Gasteiger partial charge is 0.493 e. The van der Waals surface area contributed by atoms with Crippen LogP contribution in [0.2, 0.25) is 0 Å². The summed E-state index contributed by atoms with van der Waals surface area (Å²) in [6.45, 7) is 5.80. The van der Waals surface area contributed by atoms with E-state index >= 15 is 0 Å². The third-order valence-corrected chi connectivity index (χ3v) is 6.00. The Labute approximate surface area is 188 Å². The van der Waals surface area contributed by atoms with Crippen LogP contribution < -0.4 is 14.2 Å². The minimum Gasteiger partial charge on any atom is -0.493 e. The lowest BCUT2D eigenvalue weighted by Crippen LogP contribution is -2.47. The zero-order valence-corrected chi connectivity index (χ0v) is 18.9. The Bertz CT molecular complexity index is 929. The molecule has 1 saturated heterocycles. The molecule has 9 heteroatoms. The maximum atomic E-state index is 12.0. The van der Waals surface area contributed by atoms with E-state index in [-0.39, 0.29) is 6.09 Å². The number of carbonyl (C=O) groups is 1. The number of fused-ring (bicyclic) bond motifs is 1. The number of carbonyl (C=O) groups excluding carboxylic acids is 1. The first-order valence-electron chi connectivity index (χ1n) is 11.0. The van der Waals surface area contributed by atoms with Crippen LogP contribution in [-0.2, 0) is 11.3 Å². The number of piperidine rings is 1. The highest BCUT2D eigenvalue weighted by Crippen LogP contribution is 2.38. The highest BCUT2D eigenvalue weighted by Gasteiger charge is 2.30. The molecule has 2 aliphatic heterocycles. The maximum absolute atomic E-state index is 12.0. The molecule has 172 valence electrons. The number of hydrogen-bond donors (Lipinski definition) is 0. The quantitative estimate of drug-likeness (QED) is 0.699. The first-order chi connectivity index (χ1) is 15.6. The summed E-state index contributed by atoms with van der Waals surface area (Å²) in [6, 6.07) is 8.09. The van der Waals surface area contributed by atoms with Gasteiger partial charge in [-0.3, -0.25) is 4.90 Å². The second-order valence-electron chi connectivity index (χ2n) is 7.86. The summed E-state index contributed by atoms with van der Waals surface area (Å²) < 4.78 is 22.0. The number of methoxy groups -OCH3 is 2. The molecule has 0 saturated carbocycles. The Morgan fingerprint density at radius 1 is 1.12 bits per heavy atom. The van der Waals surface area contributed by atoms with E-state index in [2.05, 4.69) is 21.2 Å². The fourth-order valence-corrected chi connectivity index (χ4v) is 4.33. The predicted molar refractivity (Wildman–Crippen MR) is 118 cm³/mol. The van der Waals surface area contributed by atoms with Crippen molar-refractivity contribution in [3.05, 3.63) is 29.8 Å². The van der Waals surface area contributed by atoms with Crippen molar-refractivity contribution in [2.75, 3.05) is 47.1 Å². The molecule has 0 spiro atoms. The van der Waals surface area contributed by atoms with E-state index in [1.54, 1.807) is 25.2 Å². The van der Waals surface area contributed by atoms with Gasteiger partial charge >= 0.3 is 6.09 Å². The predicted octanol–water partition coefficient (Wildman–Crippen LogP) is 2.98. The Morgan fingerprint density at radius 2 is 1.94 bits per heavy atom. The van der Waals surface area contributed by atoms with Gasteiger partial charge in [-0.1, -0.05) is 0 Å². The molecule has 0 N–H and O–H groups in total. The van der Waals surface area contributed by atoms with Crippen LogP contribution in [0.4, 0.5) is 4.79 Å². The Balaban J connectivity index is 1.53. The van der Waals surface area contributed by atoms with Crippen LogP contribution >= 0.6 is 0 Å². The van der Waals surface area contributed by atoms with Gasteiger partial charge < -0.3 is 23.8 Å². The second kappa shape index (κ2) is 10.0. The molecule has 9 nitrogen and oxygen atoms in total. The highest BCUT2D eigenvalue weighted by molar-refractivity contribution is 5.68. The molecule has 1 aromatic carbocycles. The summed E-state index contributed by atoms with van der Waals surface area (Å²) in [5.41, 5.74) is 2.71. The first-order valence-corrected chi connectivity index (χ1v) is 11.0. The molecular formula is C23H30N4O5. The summed E-state index contributed by atoms with van der Waals surface area (Å²) in [4.78, 5) is 16.3. The van der Waals surface area contributed by atoms with Crippen molar-refractivity contribution < 1.29 is 23.7 Å². The summed E-state index contributed by atoms with van der Waals surface area (Å²) in [5.74, 6) is 1.94. The van der Waals surface area contributed by atoms with Crippen molar-refractivity contribution in [2.24, 2.45) is 0 Å². The highest BCUT2D eigenvalue weighted by atomic mass is 16.6. The van der Waals surface area contributed by atoms with Gasteiger partial charge in [-0.25, -0.2) is 4.79 Å². The van der Waals surface area contributed by atoms with Gasteiger partial charge in [-0.2, -0.15) is 0 Å². The van der Waals surface area contributed by atoms with Crippen molar-refractivity contribution in [1.82, 2.24) is 20.0 Å². The SMILES string of the molecule is CCOC(=O)N1CCC(N2CCOc3c(cc(-c4ccc(OC)nn4)cc3OC)C2)CC1. The molecule has 3 heterocycles. The molecule has 1 amide bonds. The van der Waals surface area contributed by atoms with E-state index < -0.39 is 0 Å². The number of likely N-dealkylation sites (tertiary alicyclic amines) is 1. The molecule has 1 fully saturated rings. The lowest BCUT2D eigenvalue weighted by atomic mass is 10.0. The molecule has 2 aliphatic rings. The van der Waals surface area contributed by atoms with Gasteiger partial charge in [0.25, 0.3) is 0 Å². The van der Waals surface area contributed by atoms with Gasteiger partial charge in [-0.15, -0.1) is 10.2 Å². The van der Waals surface area contributed by atoms with E-state index in [4.69, 9.17) is 18.9 Å². The summed E-state index contributed by atoms with van der Waals surface area (Å²) in [7, 11) is 3.22. The zero-order valence-electron chi connectivity index (χ0n) is 18.9. The average Bonchev–Trinajstić information content (AvgIpc) is 3.06. The van der Waals surface area contributed by atoms with Crippen LogP contribution in [0.3, 0.4) is 0 Å². The van der Waals surface area contributed by atoms with Crippen LogP contribution in [-0.4, -0.2) is 79.2 Å². The van der Waals surface area contributed by atoms with E-state index in [0.29, 0.717) is 44.0 Å². The monoisotopic (exact) mass is 442 g/mol. The van der Waals surface area contributed by atoms with Gasteiger partial charge in [0.2, 0.25) is 5.88 Å². The third-order valence-electron chi connectivity index (χ3n) is 6.00. The van der Waals surface area contributed by atoms with Crippen molar-refractivity contribution >= 4 is 6.09 Å². The molecule has 1 aromatic heterocycles. The van der Waals surface area contributed by atoms with Crippen LogP contribution in [0, 0.1) is 0 Å². The van der Waals surface area contributed by atoms with Crippen LogP contribution in [0.1, 0.15) is 25.3 Å². The average molecular weight is 443 g/mol. The Kier molecular flexibility index (Phi) is 6.94. The topological polar surface area (TPSA) is 86.3 Å². The van der Waals surface area contributed by atoms with Gasteiger partial charge in [0.05, 0.1) is 26.5 Å². The smallest absolute Gasteiger partial charge is 0.409 e. The van der Waals surface area contributed by atoms with E-state index in [1.807, 2.05) is 19.1 Å². The minimum absolute atomic E-state index is 0.217. The van der Waals surface area contributed by atoms with E-state index in [9.17, 15) is 4.79 Å². The standard InChI is InChI=1S/C23H30N4O5/c1-4-31-23(28)26-9-7-18(8-10-26)27-11-12-32-22-17(15-27)13-16(14-20(22)29-2)19-5-6-21(30-3)25-24-19/h5-6,13-14,18H,4,7-12,15H2,1-3H3. The number of aromatic nitrogens is 2. The molecular weight excluding hydrogens is 412 g/mol. The summed E-state index contributed by atoms with van der Waals surface area (Å²) >= 11 is 0. The number of amides is 1. The molecule has 0 atom stereocenters. The number of nitrogens with zero attached hydrogens (tertiary/aromatic N) is 4. The molecule has 0 aliphatic carbocycles. The normalized spacial score (nSPS) is 17.2. The van der Waals surface area contributed by atoms with Crippen molar-refractivity contribution in [3.8, 4) is 28.6 Å².